The first-order chi connectivity index (χ1) is 24.8. The normalized spacial score (nSPS) is 11.6. The van der Waals surface area contributed by atoms with Crippen LogP contribution in [0.1, 0.15) is 0 Å². The summed E-state index contributed by atoms with van der Waals surface area (Å²) in [4.78, 5) is 10.3. The summed E-state index contributed by atoms with van der Waals surface area (Å²) >= 11 is 0. The van der Waals surface area contributed by atoms with Crippen molar-refractivity contribution in [3.05, 3.63) is 182 Å². The van der Waals surface area contributed by atoms with Crippen molar-refractivity contribution in [1.29, 1.82) is 0 Å². The summed E-state index contributed by atoms with van der Waals surface area (Å²) in [6.07, 6.45) is 0. The first-order valence-electron chi connectivity index (χ1n) is 16.9. The van der Waals surface area contributed by atoms with E-state index in [2.05, 4.69) is 179 Å². The summed E-state index contributed by atoms with van der Waals surface area (Å²) < 4.78 is 4.80. The Morgan fingerprint density at radius 1 is 0.360 bits per heavy atom. The SMILES string of the molecule is c1ccc(-c2nc(-c3ccc4c(c3)c3ccc5c(cc(-c6ccccc6)n5-c5ccccc5)c3n4-c3ccccc3)nc3ccccc23)cc1. The molecular formula is C46H30N4. The van der Waals surface area contributed by atoms with E-state index in [0.29, 0.717) is 5.82 Å². The van der Waals surface area contributed by atoms with E-state index in [0.717, 1.165) is 61.2 Å². The Kier molecular flexibility index (Phi) is 6.46. The maximum atomic E-state index is 5.20. The van der Waals surface area contributed by atoms with Gasteiger partial charge in [-0.15, -0.1) is 0 Å². The van der Waals surface area contributed by atoms with Gasteiger partial charge in [0, 0.05) is 44.0 Å². The lowest BCUT2D eigenvalue weighted by Crippen LogP contribution is -1.97. The molecule has 0 aliphatic heterocycles. The summed E-state index contributed by atoms with van der Waals surface area (Å²) in [6, 6.07) is 64.3. The highest BCUT2D eigenvalue weighted by molar-refractivity contribution is 6.20. The van der Waals surface area contributed by atoms with Crippen molar-refractivity contribution in [3.63, 3.8) is 0 Å². The van der Waals surface area contributed by atoms with Crippen molar-refractivity contribution in [3.8, 4) is 45.3 Å². The van der Waals surface area contributed by atoms with Crippen molar-refractivity contribution in [2.75, 3.05) is 0 Å². The van der Waals surface area contributed by atoms with Crippen LogP contribution in [0.2, 0.25) is 0 Å². The van der Waals surface area contributed by atoms with E-state index in [1.807, 2.05) is 12.1 Å². The molecule has 0 atom stereocenters. The number of hydrogen-bond acceptors (Lipinski definition) is 2. The van der Waals surface area contributed by atoms with E-state index in [4.69, 9.17) is 9.97 Å². The van der Waals surface area contributed by atoms with Crippen LogP contribution in [-0.2, 0) is 0 Å². The van der Waals surface area contributed by atoms with E-state index in [1.54, 1.807) is 0 Å². The fraction of sp³-hybridized carbons (Fsp3) is 0. The molecule has 3 aromatic heterocycles. The summed E-state index contributed by atoms with van der Waals surface area (Å²) in [5, 5.41) is 4.59. The number of fused-ring (bicyclic) bond motifs is 6. The molecular weight excluding hydrogens is 609 g/mol. The average Bonchev–Trinajstić information content (AvgIpc) is 3.75. The molecule has 7 aromatic carbocycles. The summed E-state index contributed by atoms with van der Waals surface area (Å²) in [6.45, 7) is 0. The van der Waals surface area contributed by atoms with Crippen LogP contribution in [0.25, 0.3) is 88.9 Å². The first-order valence-corrected chi connectivity index (χ1v) is 16.9. The molecule has 0 radical (unpaired) electrons. The van der Waals surface area contributed by atoms with Crippen LogP contribution in [0.15, 0.2) is 182 Å². The Balaban J connectivity index is 1.28. The van der Waals surface area contributed by atoms with Gasteiger partial charge in [0.1, 0.15) is 0 Å². The summed E-state index contributed by atoms with van der Waals surface area (Å²) in [7, 11) is 0. The molecule has 234 valence electrons. The fourth-order valence-corrected chi connectivity index (χ4v) is 7.47. The maximum absolute atomic E-state index is 5.20. The minimum Gasteiger partial charge on any atom is -0.309 e. The van der Waals surface area contributed by atoms with Gasteiger partial charge >= 0.3 is 0 Å². The zero-order valence-electron chi connectivity index (χ0n) is 27.1. The van der Waals surface area contributed by atoms with Crippen molar-refractivity contribution in [1.82, 2.24) is 19.1 Å². The van der Waals surface area contributed by atoms with Crippen molar-refractivity contribution >= 4 is 43.6 Å². The molecule has 4 heteroatoms. The van der Waals surface area contributed by atoms with Gasteiger partial charge in [-0.25, -0.2) is 9.97 Å². The molecule has 3 heterocycles. The van der Waals surface area contributed by atoms with Crippen molar-refractivity contribution in [2.45, 2.75) is 0 Å². The van der Waals surface area contributed by atoms with Crippen LogP contribution in [0.4, 0.5) is 0 Å². The van der Waals surface area contributed by atoms with Gasteiger partial charge in [-0.1, -0.05) is 121 Å². The molecule has 50 heavy (non-hydrogen) atoms. The van der Waals surface area contributed by atoms with Gasteiger partial charge in [0.15, 0.2) is 5.82 Å². The third-order valence-electron chi connectivity index (χ3n) is 9.72. The Hall–Kier alpha value is -6.78. The molecule has 0 spiro atoms. The molecule has 0 amide bonds. The predicted octanol–water partition coefficient (Wildman–Crippen LogP) is 11.7. The van der Waals surface area contributed by atoms with Crippen LogP contribution in [0.5, 0.6) is 0 Å². The standard InChI is InChI=1S/C46H30N4/c1-5-15-31(16-6-1)43-30-39-42(49(43)34-19-9-3-10-20-34)28-26-36-38-29-33(25-27-41(38)50(45(36)39)35-21-11-4-12-22-35)46-47-40-24-14-13-23-37(40)44(48-46)32-17-7-2-8-18-32/h1-30H. The van der Waals surface area contributed by atoms with E-state index >= 15 is 0 Å². The number of nitrogens with zero attached hydrogens (tertiary/aromatic N) is 4. The second kappa shape index (κ2) is 11.4. The third kappa shape index (κ3) is 4.46. The minimum atomic E-state index is 0.715. The molecule has 10 rings (SSSR count). The molecule has 0 bridgehead atoms. The lowest BCUT2D eigenvalue weighted by atomic mass is 10.0. The molecule has 0 fully saturated rings. The van der Waals surface area contributed by atoms with E-state index < -0.39 is 0 Å². The Morgan fingerprint density at radius 3 is 1.66 bits per heavy atom. The van der Waals surface area contributed by atoms with Gasteiger partial charge in [-0.3, -0.25) is 0 Å². The second-order valence-electron chi connectivity index (χ2n) is 12.6. The summed E-state index contributed by atoms with van der Waals surface area (Å²) in [5.41, 5.74) is 12.0. The van der Waals surface area contributed by atoms with Gasteiger partial charge in [-0.05, 0) is 66.2 Å². The summed E-state index contributed by atoms with van der Waals surface area (Å²) in [5.74, 6) is 0.715. The van der Waals surface area contributed by atoms with Crippen LogP contribution in [-0.4, -0.2) is 19.1 Å². The average molecular weight is 639 g/mol. The van der Waals surface area contributed by atoms with Gasteiger partial charge in [-0.2, -0.15) is 0 Å². The molecule has 4 nitrogen and oxygen atoms in total. The molecule has 0 saturated heterocycles. The lowest BCUT2D eigenvalue weighted by molar-refractivity contribution is 1.13. The second-order valence-corrected chi connectivity index (χ2v) is 12.6. The number of benzene rings is 7. The first kappa shape index (κ1) is 28.3. The number of hydrogen-bond donors (Lipinski definition) is 0. The topological polar surface area (TPSA) is 35.6 Å². The van der Waals surface area contributed by atoms with Crippen LogP contribution < -0.4 is 0 Å². The van der Waals surface area contributed by atoms with Gasteiger partial charge < -0.3 is 9.13 Å². The number of para-hydroxylation sites is 3. The number of aromatic nitrogens is 4. The van der Waals surface area contributed by atoms with Crippen LogP contribution in [0.3, 0.4) is 0 Å². The lowest BCUT2D eigenvalue weighted by Gasteiger charge is -2.12. The van der Waals surface area contributed by atoms with Gasteiger partial charge in [0.2, 0.25) is 0 Å². The smallest absolute Gasteiger partial charge is 0.160 e. The molecule has 0 aliphatic rings. The molecule has 0 N–H and O–H groups in total. The van der Waals surface area contributed by atoms with E-state index in [1.165, 1.54) is 21.9 Å². The van der Waals surface area contributed by atoms with Crippen molar-refractivity contribution < 1.29 is 0 Å². The Bertz CT molecular complexity index is 2840. The zero-order valence-corrected chi connectivity index (χ0v) is 27.1. The maximum Gasteiger partial charge on any atom is 0.160 e. The molecule has 0 saturated carbocycles. The van der Waals surface area contributed by atoms with Gasteiger partial charge in [0.05, 0.1) is 33.5 Å². The van der Waals surface area contributed by atoms with Gasteiger partial charge in [0.25, 0.3) is 0 Å². The van der Waals surface area contributed by atoms with Crippen LogP contribution >= 0.6 is 0 Å². The Morgan fingerprint density at radius 2 is 0.940 bits per heavy atom. The highest BCUT2D eigenvalue weighted by Gasteiger charge is 2.21. The minimum absolute atomic E-state index is 0.715. The fourth-order valence-electron chi connectivity index (χ4n) is 7.47. The molecule has 10 aromatic rings. The quantitative estimate of drug-likeness (QED) is 0.188. The van der Waals surface area contributed by atoms with Crippen molar-refractivity contribution in [2.24, 2.45) is 0 Å². The van der Waals surface area contributed by atoms with E-state index in [9.17, 15) is 0 Å². The third-order valence-corrected chi connectivity index (χ3v) is 9.72. The number of rotatable bonds is 5. The molecule has 0 aliphatic carbocycles. The highest BCUT2D eigenvalue weighted by Crippen LogP contribution is 2.42. The predicted molar refractivity (Wildman–Crippen MR) is 207 cm³/mol. The largest absolute Gasteiger partial charge is 0.309 e. The Labute approximate surface area is 289 Å². The van der Waals surface area contributed by atoms with E-state index in [-0.39, 0.29) is 0 Å². The highest BCUT2D eigenvalue weighted by atomic mass is 15.0. The van der Waals surface area contributed by atoms with Crippen LogP contribution in [0, 0.1) is 0 Å². The monoisotopic (exact) mass is 638 g/mol. The zero-order chi connectivity index (χ0) is 33.0. The molecule has 0 unspecified atom stereocenters.